The van der Waals surface area contributed by atoms with Crippen molar-refractivity contribution >= 4 is 27.2 Å². The second kappa shape index (κ2) is 11.2. The van der Waals surface area contributed by atoms with E-state index in [0.29, 0.717) is 60.0 Å². The third kappa shape index (κ3) is 6.01. The van der Waals surface area contributed by atoms with Crippen molar-refractivity contribution in [3.63, 3.8) is 0 Å². The molecule has 0 aliphatic carbocycles. The number of benzene rings is 1. The van der Waals surface area contributed by atoms with Crippen molar-refractivity contribution in [2.24, 2.45) is 0 Å². The Bertz CT molecular complexity index is 1760. The summed E-state index contributed by atoms with van der Waals surface area (Å²) in [6.45, 7) is 3.52. The van der Waals surface area contributed by atoms with Gasteiger partial charge in [0.15, 0.2) is 15.5 Å². The highest BCUT2D eigenvalue weighted by Crippen LogP contribution is 2.35. The average molecular weight is 604 g/mol. The monoisotopic (exact) mass is 603 g/mol. The molecular formula is C27H28F3N7O4S. The molecule has 3 N–H and O–H groups in total. The number of nitrogens with zero attached hydrogens (tertiary/aromatic N) is 5. The van der Waals surface area contributed by atoms with Crippen molar-refractivity contribution in [2.45, 2.75) is 13.1 Å². The molecule has 11 nitrogen and oxygen atoms in total. The fourth-order valence-electron chi connectivity index (χ4n) is 4.76. The van der Waals surface area contributed by atoms with Gasteiger partial charge in [-0.1, -0.05) is 0 Å². The molecular weight excluding hydrogens is 575 g/mol. The second-order valence-electron chi connectivity index (χ2n) is 9.90. The standard InChI is InChI=1S/C27H28F3N7O4S/c1-16-11-19(26(38)32-5-6-36-7-9-42(39,40)10-8-36)23(41-2)13-18(16)22-15-33-24-4-3-21(35-37(22)24)17-12-20(27(28,29)30)25(31)34-14-17/h3-4,11-15H,5-10H2,1-2H3,(H2,31,34)(H,32,38). The SMILES string of the molecule is COc1cc(-c2cnc3ccc(-c4cnc(N)c(C(F)(F)F)c4)nn23)c(C)cc1C(=O)NCCN1CCS(=O)(=O)CC1. The number of nitrogen functional groups attached to an aromatic ring is 1. The number of hydrogen-bond donors (Lipinski definition) is 2. The summed E-state index contributed by atoms with van der Waals surface area (Å²) in [7, 11) is -1.54. The minimum absolute atomic E-state index is 0.112. The second-order valence-corrected chi connectivity index (χ2v) is 12.2. The molecule has 1 saturated heterocycles. The molecule has 15 heteroatoms. The largest absolute Gasteiger partial charge is 0.496 e. The van der Waals surface area contributed by atoms with Crippen molar-refractivity contribution in [1.29, 1.82) is 0 Å². The number of imidazole rings is 1. The predicted molar refractivity (Wildman–Crippen MR) is 150 cm³/mol. The lowest BCUT2D eigenvalue weighted by molar-refractivity contribution is -0.137. The van der Waals surface area contributed by atoms with E-state index in [1.54, 1.807) is 30.5 Å². The van der Waals surface area contributed by atoms with Gasteiger partial charge in [-0.15, -0.1) is 0 Å². The molecule has 5 rings (SSSR count). The van der Waals surface area contributed by atoms with Crippen LogP contribution in [0.15, 0.2) is 42.7 Å². The Morgan fingerprint density at radius 3 is 2.55 bits per heavy atom. The number of aryl methyl sites for hydroxylation is 1. The summed E-state index contributed by atoms with van der Waals surface area (Å²) in [6.07, 6.45) is -1.87. The van der Waals surface area contributed by atoms with Crippen LogP contribution in [-0.2, 0) is 16.0 Å². The molecule has 1 aromatic carbocycles. The summed E-state index contributed by atoms with van der Waals surface area (Å²) in [6, 6.07) is 7.44. The third-order valence-electron chi connectivity index (χ3n) is 7.10. The van der Waals surface area contributed by atoms with Gasteiger partial charge >= 0.3 is 6.18 Å². The number of nitrogens with two attached hydrogens (primary N) is 1. The number of aromatic nitrogens is 4. The van der Waals surface area contributed by atoms with Gasteiger partial charge in [0.1, 0.15) is 11.6 Å². The smallest absolute Gasteiger partial charge is 0.419 e. The van der Waals surface area contributed by atoms with Crippen LogP contribution in [0.2, 0.25) is 0 Å². The summed E-state index contributed by atoms with van der Waals surface area (Å²) in [5, 5.41) is 7.39. The highest BCUT2D eigenvalue weighted by molar-refractivity contribution is 7.91. The summed E-state index contributed by atoms with van der Waals surface area (Å²) < 4.78 is 70.5. The molecule has 1 fully saturated rings. The molecule has 4 heterocycles. The van der Waals surface area contributed by atoms with Crippen molar-refractivity contribution in [1.82, 2.24) is 29.8 Å². The van der Waals surface area contributed by atoms with Gasteiger partial charge in [-0.2, -0.15) is 18.3 Å². The summed E-state index contributed by atoms with van der Waals surface area (Å²) >= 11 is 0. The number of alkyl halides is 3. The first kappa shape index (κ1) is 29.3. The number of hydrogen-bond acceptors (Lipinski definition) is 9. The number of amides is 1. The molecule has 42 heavy (non-hydrogen) atoms. The molecule has 222 valence electrons. The van der Waals surface area contributed by atoms with E-state index in [0.717, 1.165) is 6.07 Å². The van der Waals surface area contributed by atoms with Gasteiger partial charge in [0, 0.05) is 43.5 Å². The van der Waals surface area contributed by atoms with E-state index in [-0.39, 0.29) is 28.7 Å². The van der Waals surface area contributed by atoms with Gasteiger partial charge in [0.05, 0.1) is 47.3 Å². The number of sulfone groups is 1. The van der Waals surface area contributed by atoms with E-state index in [9.17, 15) is 26.4 Å². The Balaban J connectivity index is 1.40. The van der Waals surface area contributed by atoms with Gasteiger partial charge in [0.25, 0.3) is 5.91 Å². The van der Waals surface area contributed by atoms with Crippen LogP contribution in [0, 0.1) is 6.92 Å². The van der Waals surface area contributed by atoms with E-state index < -0.39 is 27.4 Å². The van der Waals surface area contributed by atoms with E-state index >= 15 is 0 Å². The molecule has 0 unspecified atom stereocenters. The molecule has 0 saturated carbocycles. The van der Waals surface area contributed by atoms with E-state index in [1.165, 1.54) is 17.8 Å². The van der Waals surface area contributed by atoms with Crippen LogP contribution in [0.3, 0.4) is 0 Å². The lowest BCUT2D eigenvalue weighted by Crippen LogP contribution is -2.43. The zero-order chi connectivity index (χ0) is 30.2. The Labute approximate surface area is 239 Å². The fraction of sp³-hybridized carbons (Fsp3) is 0.333. The van der Waals surface area contributed by atoms with Crippen LogP contribution in [-0.4, -0.2) is 83.6 Å². The molecule has 0 spiro atoms. The van der Waals surface area contributed by atoms with E-state index in [1.807, 2.05) is 11.8 Å². The highest BCUT2D eigenvalue weighted by atomic mass is 32.2. The molecule has 0 bridgehead atoms. The van der Waals surface area contributed by atoms with Gasteiger partial charge in [0.2, 0.25) is 0 Å². The van der Waals surface area contributed by atoms with Crippen LogP contribution in [0.4, 0.5) is 19.0 Å². The van der Waals surface area contributed by atoms with Gasteiger partial charge in [-0.25, -0.2) is 22.9 Å². The van der Waals surface area contributed by atoms with E-state index in [2.05, 4.69) is 20.4 Å². The van der Waals surface area contributed by atoms with Crippen molar-refractivity contribution in [3.05, 3.63) is 59.4 Å². The number of rotatable bonds is 7. The topological polar surface area (TPSA) is 145 Å². The van der Waals surface area contributed by atoms with Crippen molar-refractivity contribution in [2.75, 3.05) is 50.5 Å². The number of halogens is 3. The quantitative estimate of drug-likeness (QED) is 0.326. The molecule has 1 aliphatic rings. The predicted octanol–water partition coefficient (Wildman–Crippen LogP) is 2.84. The Kier molecular flexibility index (Phi) is 7.81. The summed E-state index contributed by atoms with van der Waals surface area (Å²) in [5.41, 5.74) is 7.43. The molecule has 0 radical (unpaired) electrons. The molecule has 1 amide bonds. The average Bonchev–Trinajstić information content (AvgIpc) is 3.36. The van der Waals surface area contributed by atoms with Crippen molar-refractivity contribution in [3.8, 4) is 28.3 Å². The number of nitrogens with one attached hydrogen (secondary N) is 1. The number of fused-ring (bicyclic) bond motifs is 1. The Morgan fingerprint density at radius 2 is 1.86 bits per heavy atom. The van der Waals surface area contributed by atoms with E-state index in [4.69, 9.17) is 10.5 Å². The highest BCUT2D eigenvalue weighted by Gasteiger charge is 2.34. The number of anilines is 1. The first-order valence-corrected chi connectivity index (χ1v) is 14.8. The van der Waals surface area contributed by atoms with Crippen LogP contribution in [0.25, 0.3) is 28.2 Å². The van der Waals surface area contributed by atoms with Gasteiger partial charge < -0.3 is 15.8 Å². The minimum Gasteiger partial charge on any atom is -0.496 e. The molecule has 1 aliphatic heterocycles. The molecule has 4 aromatic rings. The molecule has 0 atom stereocenters. The summed E-state index contributed by atoms with van der Waals surface area (Å²) in [5.74, 6) is -0.438. The Hall–Kier alpha value is -4.24. The number of carbonyl (C=O) groups excluding carboxylic acids is 1. The first-order chi connectivity index (χ1) is 19.9. The van der Waals surface area contributed by atoms with Gasteiger partial charge in [-0.3, -0.25) is 9.69 Å². The van der Waals surface area contributed by atoms with Crippen molar-refractivity contribution < 1.29 is 31.1 Å². The van der Waals surface area contributed by atoms with Crippen LogP contribution in [0.5, 0.6) is 5.75 Å². The fourth-order valence-corrected chi connectivity index (χ4v) is 6.04. The first-order valence-electron chi connectivity index (χ1n) is 12.9. The van der Waals surface area contributed by atoms with Crippen LogP contribution < -0.4 is 15.8 Å². The van der Waals surface area contributed by atoms with Crippen LogP contribution >= 0.6 is 0 Å². The lowest BCUT2D eigenvalue weighted by atomic mass is 10.0. The number of ether oxygens (including phenoxy) is 1. The zero-order valence-corrected chi connectivity index (χ0v) is 23.6. The number of methoxy groups -OCH3 is 1. The maximum atomic E-state index is 13.4. The summed E-state index contributed by atoms with van der Waals surface area (Å²) in [4.78, 5) is 23.1. The Morgan fingerprint density at radius 1 is 1.12 bits per heavy atom. The third-order valence-corrected chi connectivity index (χ3v) is 8.71. The maximum Gasteiger partial charge on any atom is 0.419 e. The minimum atomic E-state index is -4.67. The van der Waals surface area contributed by atoms with Gasteiger partial charge in [-0.05, 0) is 42.8 Å². The number of carbonyl (C=O) groups is 1. The molecule has 3 aromatic heterocycles. The van der Waals surface area contributed by atoms with Crippen LogP contribution in [0.1, 0.15) is 21.5 Å². The maximum absolute atomic E-state index is 13.4. The normalized spacial score (nSPS) is 15.5. The lowest BCUT2D eigenvalue weighted by Gasteiger charge is -2.26. The number of pyridine rings is 1. The zero-order valence-electron chi connectivity index (χ0n) is 22.8.